The highest BCUT2D eigenvalue weighted by Crippen LogP contribution is 2.34. The first-order valence-electron chi connectivity index (χ1n) is 5.84. The van der Waals surface area contributed by atoms with Gasteiger partial charge in [-0.1, -0.05) is 13.0 Å². The molecule has 1 aromatic carbocycles. The monoisotopic (exact) mass is 232 g/mol. The summed E-state index contributed by atoms with van der Waals surface area (Å²) in [6.45, 7) is 5.57. The molecule has 0 spiro atoms. The highest BCUT2D eigenvalue weighted by atomic mass is 32.1. The fourth-order valence-corrected chi connectivity index (χ4v) is 3.62. The van der Waals surface area contributed by atoms with Gasteiger partial charge in [0.1, 0.15) is 5.01 Å². The first-order valence-corrected chi connectivity index (χ1v) is 6.66. The van der Waals surface area contributed by atoms with Gasteiger partial charge < -0.3 is 5.32 Å². The zero-order chi connectivity index (χ0) is 11.1. The second kappa shape index (κ2) is 3.82. The molecule has 1 N–H and O–H groups in total. The minimum atomic E-state index is 0.470. The highest BCUT2D eigenvalue weighted by molar-refractivity contribution is 7.18. The van der Waals surface area contributed by atoms with Crippen LogP contribution in [0, 0.1) is 12.8 Å². The number of thiazole rings is 1. The van der Waals surface area contributed by atoms with Crippen molar-refractivity contribution in [3.63, 3.8) is 0 Å². The van der Waals surface area contributed by atoms with Crippen LogP contribution in [-0.2, 0) is 0 Å². The van der Waals surface area contributed by atoms with Crippen molar-refractivity contribution in [2.75, 3.05) is 6.54 Å². The van der Waals surface area contributed by atoms with Gasteiger partial charge in [0.05, 0.1) is 16.3 Å². The van der Waals surface area contributed by atoms with Crippen LogP contribution in [0.3, 0.4) is 0 Å². The van der Waals surface area contributed by atoms with E-state index >= 15 is 0 Å². The van der Waals surface area contributed by atoms with Crippen molar-refractivity contribution in [3.8, 4) is 0 Å². The van der Waals surface area contributed by atoms with Crippen LogP contribution in [0.4, 0.5) is 0 Å². The predicted octanol–water partition coefficient (Wildman–Crippen LogP) is 3.28. The lowest BCUT2D eigenvalue weighted by molar-refractivity contribution is 0.502. The lowest BCUT2D eigenvalue weighted by Crippen LogP contribution is -2.15. The van der Waals surface area contributed by atoms with Gasteiger partial charge in [0, 0.05) is 0 Å². The Morgan fingerprint density at radius 2 is 2.31 bits per heavy atom. The maximum atomic E-state index is 4.74. The summed E-state index contributed by atoms with van der Waals surface area (Å²) < 4.78 is 1.32. The van der Waals surface area contributed by atoms with Gasteiger partial charge in [-0.25, -0.2) is 4.98 Å². The summed E-state index contributed by atoms with van der Waals surface area (Å²) in [6.07, 6.45) is 1.26. The second-order valence-electron chi connectivity index (χ2n) is 4.72. The number of hydrogen-bond acceptors (Lipinski definition) is 3. The van der Waals surface area contributed by atoms with Gasteiger partial charge in [0.2, 0.25) is 0 Å². The number of benzene rings is 1. The fourth-order valence-electron chi connectivity index (χ4n) is 2.35. The molecule has 2 heterocycles. The Hall–Kier alpha value is -0.930. The summed E-state index contributed by atoms with van der Waals surface area (Å²) in [5.74, 6) is 0.710. The molecule has 2 nitrogen and oxygen atoms in total. The van der Waals surface area contributed by atoms with E-state index in [2.05, 4.69) is 37.4 Å². The van der Waals surface area contributed by atoms with E-state index in [9.17, 15) is 0 Å². The molecule has 0 amide bonds. The largest absolute Gasteiger partial charge is 0.308 e. The quantitative estimate of drug-likeness (QED) is 0.816. The number of nitrogens with one attached hydrogen (secondary N) is 1. The summed E-state index contributed by atoms with van der Waals surface area (Å²) in [6, 6.07) is 6.97. The number of rotatable bonds is 1. The topological polar surface area (TPSA) is 24.9 Å². The third-order valence-corrected chi connectivity index (χ3v) is 4.46. The van der Waals surface area contributed by atoms with E-state index in [1.165, 1.54) is 21.7 Å². The Labute approximate surface area is 99.7 Å². The summed E-state index contributed by atoms with van der Waals surface area (Å²) in [7, 11) is 0. The summed E-state index contributed by atoms with van der Waals surface area (Å²) >= 11 is 1.84. The van der Waals surface area contributed by atoms with Crippen molar-refractivity contribution in [2.45, 2.75) is 26.3 Å². The van der Waals surface area contributed by atoms with Crippen molar-refractivity contribution in [1.82, 2.24) is 10.3 Å². The molecule has 1 aliphatic rings. The molecule has 2 atom stereocenters. The Morgan fingerprint density at radius 3 is 3.06 bits per heavy atom. The molecule has 0 radical (unpaired) electrons. The Bertz CT molecular complexity index is 518. The minimum Gasteiger partial charge on any atom is -0.308 e. The van der Waals surface area contributed by atoms with E-state index in [-0.39, 0.29) is 0 Å². The molecule has 0 bridgehead atoms. The maximum Gasteiger partial charge on any atom is 0.111 e. The number of aromatic nitrogens is 1. The molecule has 0 aliphatic carbocycles. The van der Waals surface area contributed by atoms with Gasteiger partial charge in [-0.2, -0.15) is 0 Å². The molecule has 1 saturated heterocycles. The van der Waals surface area contributed by atoms with Crippen molar-refractivity contribution in [2.24, 2.45) is 5.92 Å². The van der Waals surface area contributed by atoms with E-state index < -0.39 is 0 Å². The minimum absolute atomic E-state index is 0.470. The van der Waals surface area contributed by atoms with E-state index in [1.54, 1.807) is 0 Å². The molecule has 1 aromatic heterocycles. The van der Waals surface area contributed by atoms with Gasteiger partial charge >= 0.3 is 0 Å². The Balaban J connectivity index is 2.04. The van der Waals surface area contributed by atoms with Crippen LogP contribution in [0.15, 0.2) is 18.2 Å². The van der Waals surface area contributed by atoms with Gasteiger partial charge in [-0.15, -0.1) is 11.3 Å². The molecule has 0 saturated carbocycles. The van der Waals surface area contributed by atoms with Crippen molar-refractivity contribution in [1.29, 1.82) is 0 Å². The van der Waals surface area contributed by atoms with Crippen molar-refractivity contribution >= 4 is 21.6 Å². The van der Waals surface area contributed by atoms with Crippen LogP contribution in [0.5, 0.6) is 0 Å². The molecule has 16 heavy (non-hydrogen) atoms. The first kappa shape index (κ1) is 10.2. The van der Waals surface area contributed by atoms with E-state index in [1.807, 2.05) is 11.3 Å². The number of hydrogen-bond donors (Lipinski definition) is 1. The highest BCUT2D eigenvalue weighted by Gasteiger charge is 2.26. The average molecular weight is 232 g/mol. The molecule has 3 heteroatoms. The smallest absolute Gasteiger partial charge is 0.111 e. The molecule has 1 aliphatic heterocycles. The third kappa shape index (κ3) is 1.64. The third-order valence-electron chi connectivity index (χ3n) is 3.36. The first-order chi connectivity index (χ1) is 7.74. The lowest BCUT2D eigenvalue weighted by atomic mass is 10.0. The zero-order valence-corrected chi connectivity index (χ0v) is 10.5. The number of fused-ring (bicyclic) bond motifs is 1. The van der Waals surface area contributed by atoms with Crippen LogP contribution in [0.1, 0.15) is 30.0 Å². The van der Waals surface area contributed by atoms with Gasteiger partial charge in [0.15, 0.2) is 0 Å². The summed E-state index contributed by atoms with van der Waals surface area (Å²) in [5, 5.41) is 4.80. The second-order valence-corrected chi connectivity index (χ2v) is 5.78. The molecule has 2 aromatic rings. The lowest BCUT2D eigenvalue weighted by Gasteiger charge is -2.11. The average Bonchev–Trinajstić information content (AvgIpc) is 2.82. The van der Waals surface area contributed by atoms with E-state index in [4.69, 9.17) is 4.98 Å². The van der Waals surface area contributed by atoms with Crippen LogP contribution >= 0.6 is 11.3 Å². The molecule has 2 unspecified atom stereocenters. The van der Waals surface area contributed by atoms with Crippen molar-refractivity contribution < 1.29 is 0 Å². The fraction of sp³-hybridized carbons (Fsp3) is 0.462. The van der Waals surface area contributed by atoms with Crippen LogP contribution in [0.25, 0.3) is 10.2 Å². The number of nitrogens with zero attached hydrogens (tertiary/aromatic N) is 1. The predicted molar refractivity (Wildman–Crippen MR) is 68.9 cm³/mol. The SMILES string of the molecule is Cc1ccc2nc(C3NCCC3C)sc2c1. The van der Waals surface area contributed by atoms with E-state index in [0.29, 0.717) is 12.0 Å². The normalized spacial score (nSPS) is 25.4. The summed E-state index contributed by atoms with van der Waals surface area (Å²) in [4.78, 5) is 4.74. The molecule has 1 fully saturated rings. The van der Waals surface area contributed by atoms with Crippen LogP contribution in [0.2, 0.25) is 0 Å². The molecule has 3 rings (SSSR count). The molecular formula is C13H16N2S. The zero-order valence-electron chi connectivity index (χ0n) is 9.66. The maximum absolute atomic E-state index is 4.74. The van der Waals surface area contributed by atoms with Gasteiger partial charge in [-0.05, 0) is 43.5 Å². The van der Waals surface area contributed by atoms with Crippen LogP contribution < -0.4 is 5.32 Å². The van der Waals surface area contributed by atoms with Gasteiger partial charge in [0.25, 0.3) is 0 Å². The molecular weight excluding hydrogens is 216 g/mol. The number of aryl methyl sites for hydroxylation is 1. The van der Waals surface area contributed by atoms with Gasteiger partial charge in [-0.3, -0.25) is 0 Å². The Morgan fingerprint density at radius 1 is 1.44 bits per heavy atom. The van der Waals surface area contributed by atoms with E-state index in [0.717, 1.165) is 12.1 Å². The summed E-state index contributed by atoms with van der Waals surface area (Å²) in [5.41, 5.74) is 2.46. The molecule has 84 valence electrons. The Kier molecular flexibility index (Phi) is 2.45. The standard InChI is InChI=1S/C13H16N2S/c1-8-3-4-10-11(7-8)16-13(15-10)12-9(2)5-6-14-12/h3-4,7,9,12,14H,5-6H2,1-2H3. The van der Waals surface area contributed by atoms with Crippen LogP contribution in [-0.4, -0.2) is 11.5 Å². The van der Waals surface area contributed by atoms with Crippen molar-refractivity contribution in [3.05, 3.63) is 28.8 Å².